The zero-order chi connectivity index (χ0) is 23.2. The number of hydrogen-bond acceptors (Lipinski definition) is 8. The van der Waals surface area contributed by atoms with E-state index in [0.29, 0.717) is 34.3 Å². The highest BCUT2D eigenvalue weighted by atomic mass is 32.1. The van der Waals surface area contributed by atoms with Crippen molar-refractivity contribution in [1.82, 2.24) is 24.9 Å². The van der Waals surface area contributed by atoms with E-state index < -0.39 is 0 Å². The van der Waals surface area contributed by atoms with E-state index in [1.54, 1.807) is 41.9 Å². The number of aromatic nitrogens is 5. The minimum absolute atomic E-state index is 0.0456. The summed E-state index contributed by atoms with van der Waals surface area (Å²) in [5.41, 5.74) is 1.77. The van der Waals surface area contributed by atoms with Gasteiger partial charge < -0.3 is 5.32 Å². The number of pyridine rings is 1. The SMILES string of the molecule is CC(C)c1cnc(Nc2nc(/C=C/c3cccc(F)c3)nc(NC(C)c3ccncc3)n2)s1. The van der Waals surface area contributed by atoms with Crippen LogP contribution >= 0.6 is 11.3 Å². The Labute approximate surface area is 195 Å². The molecule has 0 saturated carbocycles. The van der Waals surface area contributed by atoms with Crippen LogP contribution in [0, 0.1) is 5.82 Å². The Morgan fingerprint density at radius 1 is 0.970 bits per heavy atom. The van der Waals surface area contributed by atoms with Crippen molar-refractivity contribution in [2.24, 2.45) is 0 Å². The molecule has 0 fully saturated rings. The molecule has 1 unspecified atom stereocenters. The number of rotatable bonds is 8. The molecule has 0 aliphatic rings. The van der Waals surface area contributed by atoms with Crippen molar-refractivity contribution in [3.05, 3.63) is 82.6 Å². The summed E-state index contributed by atoms with van der Waals surface area (Å²) < 4.78 is 13.5. The molecule has 0 radical (unpaired) electrons. The molecule has 3 aromatic heterocycles. The maximum absolute atomic E-state index is 13.5. The molecule has 1 atom stereocenters. The van der Waals surface area contributed by atoms with E-state index in [2.05, 4.69) is 49.4 Å². The monoisotopic (exact) mass is 461 g/mol. The van der Waals surface area contributed by atoms with Gasteiger partial charge in [-0.05, 0) is 54.3 Å². The van der Waals surface area contributed by atoms with Crippen LogP contribution in [0.5, 0.6) is 0 Å². The van der Waals surface area contributed by atoms with Gasteiger partial charge in [-0.2, -0.15) is 15.0 Å². The maximum Gasteiger partial charge on any atom is 0.234 e. The van der Waals surface area contributed by atoms with Crippen molar-refractivity contribution < 1.29 is 4.39 Å². The molecule has 0 spiro atoms. The summed E-state index contributed by atoms with van der Waals surface area (Å²) in [6.45, 7) is 6.26. The van der Waals surface area contributed by atoms with Gasteiger partial charge in [0.25, 0.3) is 0 Å². The number of hydrogen-bond donors (Lipinski definition) is 2. The van der Waals surface area contributed by atoms with Crippen LogP contribution in [0.1, 0.15) is 54.6 Å². The van der Waals surface area contributed by atoms with Crippen LogP contribution in [0.15, 0.2) is 55.0 Å². The Balaban J connectivity index is 1.62. The van der Waals surface area contributed by atoms with Gasteiger partial charge in [-0.3, -0.25) is 10.3 Å². The fourth-order valence-electron chi connectivity index (χ4n) is 3.00. The quantitative estimate of drug-likeness (QED) is 0.329. The fraction of sp³-hybridized carbons (Fsp3) is 0.208. The number of thiazole rings is 1. The van der Waals surface area contributed by atoms with E-state index in [-0.39, 0.29) is 11.9 Å². The molecule has 0 bridgehead atoms. The van der Waals surface area contributed by atoms with Crippen LogP contribution in [-0.2, 0) is 0 Å². The van der Waals surface area contributed by atoms with E-state index >= 15 is 0 Å². The second kappa shape index (κ2) is 10.3. The average Bonchev–Trinajstić information content (AvgIpc) is 3.27. The van der Waals surface area contributed by atoms with Crippen molar-refractivity contribution in [1.29, 1.82) is 0 Å². The summed E-state index contributed by atoms with van der Waals surface area (Å²) >= 11 is 1.56. The summed E-state index contributed by atoms with van der Waals surface area (Å²) in [5.74, 6) is 1.31. The van der Waals surface area contributed by atoms with Crippen LogP contribution in [0.4, 0.5) is 21.4 Å². The predicted molar refractivity (Wildman–Crippen MR) is 131 cm³/mol. The molecule has 9 heteroatoms. The molecule has 2 N–H and O–H groups in total. The van der Waals surface area contributed by atoms with Crippen LogP contribution in [0.2, 0.25) is 0 Å². The van der Waals surface area contributed by atoms with Crippen LogP contribution in [-0.4, -0.2) is 24.9 Å². The molecule has 33 heavy (non-hydrogen) atoms. The first kappa shape index (κ1) is 22.5. The maximum atomic E-state index is 13.5. The van der Waals surface area contributed by atoms with Crippen molar-refractivity contribution in [3.63, 3.8) is 0 Å². The van der Waals surface area contributed by atoms with E-state index in [4.69, 9.17) is 0 Å². The molecule has 0 saturated heterocycles. The van der Waals surface area contributed by atoms with Crippen molar-refractivity contribution in [2.45, 2.75) is 32.7 Å². The smallest absolute Gasteiger partial charge is 0.234 e. The first-order chi connectivity index (χ1) is 16.0. The summed E-state index contributed by atoms with van der Waals surface area (Å²) in [4.78, 5) is 23.2. The molecule has 7 nitrogen and oxygen atoms in total. The van der Waals surface area contributed by atoms with Gasteiger partial charge in [0.2, 0.25) is 11.9 Å². The van der Waals surface area contributed by atoms with Crippen molar-refractivity contribution in [3.8, 4) is 0 Å². The van der Waals surface area contributed by atoms with Gasteiger partial charge >= 0.3 is 0 Å². The van der Waals surface area contributed by atoms with Gasteiger partial charge in [-0.1, -0.05) is 32.1 Å². The molecular weight excluding hydrogens is 437 g/mol. The first-order valence-electron chi connectivity index (χ1n) is 10.5. The number of nitrogens with one attached hydrogen (secondary N) is 2. The second-order valence-corrected chi connectivity index (χ2v) is 8.79. The van der Waals surface area contributed by atoms with Crippen LogP contribution < -0.4 is 10.6 Å². The van der Waals surface area contributed by atoms with E-state index in [0.717, 1.165) is 5.56 Å². The van der Waals surface area contributed by atoms with Gasteiger partial charge in [0.1, 0.15) is 5.82 Å². The van der Waals surface area contributed by atoms with E-state index in [1.165, 1.54) is 17.0 Å². The average molecular weight is 462 g/mol. The van der Waals surface area contributed by atoms with Gasteiger partial charge in [0.15, 0.2) is 11.0 Å². The molecule has 0 amide bonds. The molecular formula is C24H24FN7S. The second-order valence-electron chi connectivity index (χ2n) is 7.72. The van der Waals surface area contributed by atoms with Crippen LogP contribution in [0.3, 0.4) is 0 Å². The zero-order valence-electron chi connectivity index (χ0n) is 18.5. The normalized spacial score (nSPS) is 12.3. The standard InChI is InChI=1S/C24H24FN7S/c1-15(2)20-14-27-24(33-20)32-23-30-21(8-7-17-5-4-6-19(25)13-17)29-22(31-23)28-16(3)18-9-11-26-12-10-18/h4-16H,1-3H3,(H2,27,28,29,30,31,32)/b8-7+. The Bertz CT molecular complexity index is 1240. The molecule has 168 valence electrons. The number of halogens is 1. The number of benzene rings is 1. The first-order valence-corrected chi connectivity index (χ1v) is 11.4. The summed E-state index contributed by atoms with van der Waals surface area (Å²) in [5, 5.41) is 7.20. The molecule has 1 aromatic carbocycles. The van der Waals surface area contributed by atoms with Crippen molar-refractivity contribution >= 4 is 40.5 Å². The lowest BCUT2D eigenvalue weighted by molar-refractivity contribution is 0.627. The van der Waals surface area contributed by atoms with Gasteiger partial charge in [-0.15, -0.1) is 11.3 Å². The molecule has 3 heterocycles. The highest BCUT2D eigenvalue weighted by Crippen LogP contribution is 2.27. The molecule has 0 aliphatic carbocycles. The largest absolute Gasteiger partial charge is 0.348 e. The summed E-state index contributed by atoms with van der Waals surface area (Å²) in [6.07, 6.45) is 8.84. The Kier molecular flexibility index (Phi) is 6.99. The third-order valence-electron chi connectivity index (χ3n) is 4.79. The molecule has 4 aromatic rings. The van der Waals surface area contributed by atoms with Gasteiger partial charge in [0, 0.05) is 23.5 Å². The minimum atomic E-state index is -0.298. The van der Waals surface area contributed by atoms with E-state index in [9.17, 15) is 4.39 Å². The number of anilines is 3. The predicted octanol–water partition coefficient (Wildman–Crippen LogP) is 6.07. The molecule has 4 rings (SSSR count). The lowest BCUT2D eigenvalue weighted by Gasteiger charge is -2.14. The lowest BCUT2D eigenvalue weighted by Crippen LogP contribution is -2.12. The number of nitrogens with zero attached hydrogens (tertiary/aromatic N) is 5. The van der Waals surface area contributed by atoms with Crippen LogP contribution in [0.25, 0.3) is 12.2 Å². The Hall–Kier alpha value is -3.72. The molecule has 0 aliphatic heterocycles. The third kappa shape index (κ3) is 6.17. The summed E-state index contributed by atoms with van der Waals surface area (Å²) in [6, 6.07) is 10.2. The minimum Gasteiger partial charge on any atom is -0.348 e. The third-order valence-corrected chi connectivity index (χ3v) is 6.00. The zero-order valence-corrected chi connectivity index (χ0v) is 19.3. The fourth-order valence-corrected chi connectivity index (χ4v) is 3.82. The summed E-state index contributed by atoms with van der Waals surface area (Å²) in [7, 11) is 0. The highest BCUT2D eigenvalue weighted by molar-refractivity contribution is 7.15. The lowest BCUT2D eigenvalue weighted by atomic mass is 10.1. The Morgan fingerprint density at radius 2 is 1.76 bits per heavy atom. The van der Waals surface area contributed by atoms with Gasteiger partial charge in [0.05, 0.1) is 6.04 Å². The topological polar surface area (TPSA) is 88.5 Å². The van der Waals surface area contributed by atoms with Crippen molar-refractivity contribution in [2.75, 3.05) is 10.6 Å². The Morgan fingerprint density at radius 3 is 2.48 bits per heavy atom. The van der Waals surface area contributed by atoms with E-state index in [1.807, 2.05) is 31.3 Å². The highest BCUT2D eigenvalue weighted by Gasteiger charge is 2.12. The van der Waals surface area contributed by atoms with Gasteiger partial charge in [-0.25, -0.2) is 9.37 Å².